The molecule has 15 nitrogen and oxygen atoms in total. The normalized spacial score (nSPS) is 21.6. The number of halogens is 7. The van der Waals surface area contributed by atoms with Gasteiger partial charge in [0, 0.05) is 92.1 Å². The van der Waals surface area contributed by atoms with Crippen LogP contribution in [0.15, 0.2) is 81.1 Å². The number of nitrogens with one attached hydrogen (secondary N) is 4. The van der Waals surface area contributed by atoms with Gasteiger partial charge >= 0.3 is 6.18 Å². The molecule has 5 atom stereocenters. The number of aromatic nitrogens is 1. The van der Waals surface area contributed by atoms with Crippen molar-refractivity contribution in [3.63, 3.8) is 0 Å². The van der Waals surface area contributed by atoms with E-state index in [9.17, 15) is 23.6 Å². The monoisotopic (exact) mass is 1180 g/mol. The van der Waals surface area contributed by atoms with Gasteiger partial charge in [0.15, 0.2) is 17.4 Å². The lowest BCUT2D eigenvalue weighted by molar-refractivity contribution is -0.141. The molecule has 23 heteroatoms. The van der Waals surface area contributed by atoms with Crippen LogP contribution >= 0.6 is 11.8 Å². The van der Waals surface area contributed by atoms with E-state index in [2.05, 4.69) is 42.6 Å². The molecule has 5 aromatic rings. The van der Waals surface area contributed by atoms with E-state index >= 15 is 22.0 Å². The van der Waals surface area contributed by atoms with Gasteiger partial charge in [-0.15, -0.1) is 0 Å². The Balaban J connectivity index is 0.00000389. The number of aliphatic imine (C=N–C) groups is 1. The maximum Gasteiger partial charge on any atom is 0.417 e. The molecule has 5 fully saturated rings. The highest BCUT2D eigenvalue weighted by atomic mass is 32.2. The number of hydrogen-bond acceptors (Lipinski definition) is 14. The van der Waals surface area contributed by atoms with E-state index in [1.807, 2.05) is 37.8 Å². The number of carbonyl (C=O) groups is 2. The summed E-state index contributed by atoms with van der Waals surface area (Å²) in [6, 6.07) is 15.8. The van der Waals surface area contributed by atoms with Crippen molar-refractivity contribution in [3.05, 3.63) is 128 Å². The number of alkyl halides is 3. The van der Waals surface area contributed by atoms with Crippen LogP contribution in [0.5, 0.6) is 0 Å². The number of nitriles is 1. The number of likely N-dealkylation sites (tertiary alicyclic amines) is 3. The van der Waals surface area contributed by atoms with Gasteiger partial charge in [-0.1, -0.05) is 67.2 Å². The molecule has 444 valence electrons. The number of amides is 2. The molecular formula is C61H66F7N11O4S. The molecule has 1 aromatic heterocycles. The zero-order valence-corrected chi connectivity index (χ0v) is 47.8. The minimum Gasteiger partial charge on any atom is -0.400 e. The smallest absolute Gasteiger partial charge is 0.400 e. The van der Waals surface area contributed by atoms with E-state index in [0.717, 1.165) is 56.6 Å². The SMILES string of the molecule is C=N/C(=c1/cc(C(F)(F)F)/c(=c2/ccc(F)c3c2=C(C#N)C(=N)S3)c(F)c1NCCN1CCC2(CC1)CN(c1cc(C(C(=O)N3CCCC3C(=O)NC(C)c3ccc(-c4c(F)cccc4F)cc3)C(C)C)on1)C2)N1CC2CCC(C1)N2.CO. The summed E-state index contributed by atoms with van der Waals surface area (Å²) >= 11 is 0.602. The third-order valence-electron chi connectivity index (χ3n) is 17.3. The summed E-state index contributed by atoms with van der Waals surface area (Å²) in [4.78, 5) is 40.1. The minimum atomic E-state index is -5.10. The second-order valence-corrected chi connectivity index (χ2v) is 23.9. The number of hydrogen-bond donors (Lipinski definition) is 5. The van der Waals surface area contributed by atoms with Crippen molar-refractivity contribution in [1.82, 2.24) is 30.5 Å². The van der Waals surface area contributed by atoms with Gasteiger partial charge in [-0.25, -0.2) is 22.6 Å². The quantitative estimate of drug-likeness (QED) is 0.0529. The van der Waals surface area contributed by atoms with Crippen LogP contribution < -0.4 is 31.3 Å². The van der Waals surface area contributed by atoms with Gasteiger partial charge < -0.3 is 45.2 Å². The van der Waals surface area contributed by atoms with Gasteiger partial charge in [-0.3, -0.25) is 15.0 Å². The number of piperazine rings is 1. The second kappa shape index (κ2) is 24.4. The summed E-state index contributed by atoms with van der Waals surface area (Å²) in [7, 11) is 1.00. The highest BCUT2D eigenvalue weighted by Crippen LogP contribution is 2.44. The Bertz CT molecular complexity index is 3620. The van der Waals surface area contributed by atoms with Gasteiger partial charge in [0.05, 0.1) is 33.3 Å². The standard InChI is InChI=1S/C60H62F7N11O3S.CH4O/c1-32(2)48(58(80)78-21-6-9-45(78)57(79)72-33(3)34-10-12-35(13-11-34)49-42(61)7-5-8-43(49)62)46-26-47(74-81-46)77-30-59(31-77)18-22-75(23-19-59)24-20-71-53-39(56(70-4)76-28-36-14-15-37(29-76)73-36)25-41(60(65,66)67)51(52(53)64)38-16-17-44(63)54-50(38)40(27-68)55(69)82-54;1-2/h5,7-8,10-13,16-17,25-26,32-33,36-37,45,48,69,71,73H,4,6,9,14-15,18-24,28-31H2,1-3H3,(H,72,79);2H,1H3/b51-38+,56-39+,69-55?;. The molecule has 2 bridgehead atoms. The number of aliphatic hydroxyl groups is 1. The summed E-state index contributed by atoms with van der Waals surface area (Å²) in [5.74, 6) is -3.75. The Hall–Kier alpha value is -7.26. The number of benzene rings is 4. The van der Waals surface area contributed by atoms with Crippen molar-refractivity contribution in [2.45, 2.75) is 100 Å². The Morgan fingerprint density at radius 1 is 0.952 bits per heavy atom. The average molecular weight is 1180 g/mol. The van der Waals surface area contributed by atoms with Crippen LogP contribution in [0.3, 0.4) is 0 Å². The van der Waals surface area contributed by atoms with E-state index < -0.39 is 58.2 Å². The molecule has 6 aliphatic rings. The third-order valence-corrected chi connectivity index (χ3v) is 18.3. The summed E-state index contributed by atoms with van der Waals surface area (Å²) in [5.41, 5.74) is -0.969. The first-order valence-electron chi connectivity index (χ1n) is 28.2. The number of carbonyl (C=O) groups excluding carboxylic acids is 2. The maximum absolute atomic E-state index is 17.6. The highest BCUT2D eigenvalue weighted by molar-refractivity contribution is 8.15. The minimum absolute atomic E-state index is 0.0312. The average Bonchev–Trinajstić information content (AvgIpc) is 2.14. The highest BCUT2D eigenvalue weighted by Gasteiger charge is 2.47. The van der Waals surface area contributed by atoms with Crippen molar-refractivity contribution in [3.8, 4) is 17.2 Å². The van der Waals surface area contributed by atoms with Crippen molar-refractivity contribution in [1.29, 1.82) is 10.7 Å². The summed E-state index contributed by atoms with van der Waals surface area (Å²) in [6.45, 7) is 14.0. The Labute approximate surface area is 485 Å². The zero-order chi connectivity index (χ0) is 59.9. The topological polar surface area (TPSA) is 189 Å². The molecule has 4 aromatic carbocycles. The fourth-order valence-electron chi connectivity index (χ4n) is 13.0. The molecule has 1 spiro atoms. The van der Waals surface area contributed by atoms with Crippen LogP contribution in [0.4, 0.5) is 42.2 Å². The van der Waals surface area contributed by atoms with E-state index in [4.69, 9.17) is 15.0 Å². The molecular weight excluding hydrogens is 1120 g/mol. The molecule has 6 aliphatic heterocycles. The van der Waals surface area contributed by atoms with E-state index in [0.29, 0.717) is 94.1 Å². The van der Waals surface area contributed by atoms with Gasteiger partial charge in [0.25, 0.3) is 0 Å². The van der Waals surface area contributed by atoms with Crippen LogP contribution in [0, 0.1) is 61.8 Å². The van der Waals surface area contributed by atoms with Crippen molar-refractivity contribution < 1.29 is 50.0 Å². The predicted molar refractivity (Wildman–Crippen MR) is 306 cm³/mol. The zero-order valence-electron chi connectivity index (χ0n) is 47.0. The van der Waals surface area contributed by atoms with Crippen LogP contribution in [0.25, 0.3) is 22.5 Å². The second-order valence-electron chi connectivity index (χ2n) is 22.8. The van der Waals surface area contributed by atoms with Crippen LogP contribution in [-0.2, 0) is 15.8 Å². The van der Waals surface area contributed by atoms with Crippen LogP contribution in [0.2, 0.25) is 0 Å². The molecule has 0 saturated carbocycles. The van der Waals surface area contributed by atoms with Crippen molar-refractivity contribution in [2.24, 2.45) is 16.3 Å². The molecule has 5 saturated heterocycles. The van der Waals surface area contributed by atoms with Crippen molar-refractivity contribution >= 4 is 58.2 Å². The lowest BCUT2D eigenvalue weighted by atomic mass is 9.72. The summed E-state index contributed by atoms with van der Waals surface area (Å²) in [6.07, 6.45) is -0.594. The van der Waals surface area contributed by atoms with Crippen molar-refractivity contribution in [2.75, 3.05) is 76.2 Å². The first-order valence-corrected chi connectivity index (χ1v) is 29.0. The predicted octanol–water partition coefficient (Wildman–Crippen LogP) is 8.39. The van der Waals surface area contributed by atoms with E-state index in [-0.39, 0.29) is 90.0 Å². The van der Waals surface area contributed by atoms with Crippen LogP contribution in [-0.4, -0.2) is 133 Å². The first kappa shape index (κ1) is 59.9. The molecule has 2 amide bonds. The van der Waals surface area contributed by atoms with Gasteiger partial charge in [0.1, 0.15) is 46.3 Å². The molecule has 5 unspecified atom stereocenters. The van der Waals surface area contributed by atoms with Gasteiger partial charge in [-0.05, 0) is 112 Å². The molecule has 0 aliphatic carbocycles. The Kier molecular flexibility index (Phi) is 17.4. The number of aliphatic hydroxyl groups excluding tert-OH is 1. The number of rotatable bonds is 14. The van der Waals surface area contributed by atoms with E-state index in [1.54, 1.807) is 29.2 Å². The maximum atomic E-state index is 17.6. The number of fused-ring (bicyclic) bond motifs is 3. The molecule has 5 N–H and O–H groups in total. The lowest BCUT2D eigenvalue weighted by Gasteiger charge is -2.54. The first-order chi connectivity index (χ1) is 40.3. The fourth-order valence-corrected chi connectivity index (χ4v) is 14.0. The Morgan fingerprint density at radius 3 is 2.26 bits per heavy atom. The lowest BCUT2D eigenvalue weighted by Crippen LogP contribution is -2.60. The molecule has 84 heavy (non-hydrogen) atoms. The summed E-state index contributed by atoms with van der Waals surface area (Å²) in [5, 5.41) is 37.5. The largest absolute Gasteiger partial charge is 0.417 e. The number of thioether (sulfide) groups is 1. The molecule has 11 rings (SSSR count). The number of anilines is 2. The molecule has 0 radical (unpaired) electrons. The molecule has 7 heterocycles. The third kappa shape index (κ3) is 11.5. The summed E-state index contributed by atoms with van der Waals surface area (Å²) < 4.78 is 114. The van der Waals surface area contributed by atoms with Gasteiger partial charge in [-0.2, -0.15) is 18.4 Å². The number of nitrogens with zero attached hydrogens (tertiary/aromatic N) is 7. The number of piperidine rings is 1. The van der Waals surface area contributed by atoms with Crippen LogP contribution in [0.1, 0.15) is 88.1 Å². The van der Waals surface area contributed by atoms with E-state index in [1.165, 1.54) is 18.2 Å². The fraction of sp³-hybridized carbons (Fsp3) is 0.443. The Morgan fingerprint density at radius 2 is 1.63 bits per heavy atom. The van der Waals surface area contributed by atoms with Gasteiger partial charge in [0.2, 0.25) is 11.8 Å².